The SMILES string of the molecule is CCOc1ccc(C(=O)NC2CC3(CCCCC3)Oc3ccccc32)cc1C. The molecule has 1 fully saturated rings. The van der Waals surface area contributed by atoms with Crippen molar-refractivity contribution < 1.29 is 14.3 Å². The molecule has 1 aliphatic carbocycles. The summed E-state index contributed by atoms with van der Waals surface area (Å²) < 4.78 is 12.1. The molecular weight excluding hydrogens is 350 g/mol. The lowest BCUT2D eigenvalue weighted by Crippen LogP contribution is -2.46. The van der Waals surface area contributed by atoms with Crippen LogP contribution in [0.3, 0.4) is 0 Å². The van der Waals surface area contributed by atoms with Crippen molar-refractivity contribution in [3.63, 3.8) is 0 Å². The fourth-order valence-electron chi connectivity index (χ4n) is 4.60. The van der Waals surface area contributed by atoms with Gasteiger partial charge in [0.2, 0.25) is 0 Å². The molecule has 1 unspecified atom stereocenters. The maximum absolute atomic E-state index is 13.0. The first-order valence-corrected chi connectivity index (χ1v) is 10.4. The van der Waals surface area contributed by atoms with Crippen LogP contribution in [0, 0.1) is 6.92 Å². The largest absolute Gasteiger partial charge is 0.494 e. The molecule has 1 saturated carbocycles. The Labute approximate surface area is 167 Å². The molecule has 148 valence electrons. The van der Waals surface area contributed by atoms with Crippen molar-refractivity contribution in [2.24, 2.45) is 0 Å². The summed E-state index contributed by atoms with van der Waals surface area (Å²) >= 11 is 0. The summed E-state index contributed by atoms with van der Waals surface area (Å²) in [7, 11) is 0. The van der Waals surface area contributed by atoms with Crippen LogP contribution in [-0.2, 0) is 0 Å². The fraction of sp³-hybridized carbons (Fsp3) is 0.458. The Hall–Kier alpha value is -2.49. The lowest BCUT2D eigenvalue weighted by Gasteiger charge is -2.44. The Morgan fingerprint density at radius 2 is 1.96 bits per heavy atom. The summed E-state index contributed by atoms with van der Waals surface area (Å²) in [5, 5.41) is 3.28. The summed E-state index contributed by atoms with van der Waals surface area (Å²) in [6, 6.07) is 13.7. The predicted molar refractivity (Wildman–Crippen MR) is 110 cm³/mol. The maximum atomic E-state index is 13.0. The van der Waals surface area contributed by atoms with Crippen LogP contribution >= 0.6 is 0 Å². The Bertz CT molecular complexity index is 855. The average molecular weight is 380 g/mol. The first-order chi connectivity index (χ1) is 13.6. The number of fused-ring (bicyclic) bond motifs is 1. The van der Waals surface area contributed by atoms with Crippen molar-refractivity contribution in [1.82, 2.24) is 5.32 Å². The molecule has 1 amide bonds. The van der Waals surface area contributed by atoms with E-state index in [9.17, 15) is 4.79 Å². The zero-order valence-corrected chi connectivity index (χ0v) is 16.8. The van der Waals surface area contributed by atoms with Gasteiger partial charge in [-0.05, 0) is 69.4 Å². The Morgan fingerprint density at radius 1 is 1.18 bits per heavy atom. The van der Waals surface area contributed by atoms with E-state index in [2.05, 4.69) is 11.4 Å². The van der Waals surface area contributed by atoms with Crippen molar-refractivity contribution in [1.29, 1.82) is 0 Å². The van der Waals surface area contributed by atoms with Gasteiger partial charge in [0, 0.05) is 17.5 Å². The molecule has 2 aromatic carbocycles. The van der Waals surface area contributed by atoms with E-state index in [0.29, 0.717) is 12.2 Å². The number of benzene rings is 2. The number of hydrogen-bond donors (Lipinski definition) is 1. The van der Waals surface area contributed by atoms with E-state index in [1.54, 1.807) is 0 Å². The third kappa shape index (κ3) is 3.73. The molecule has 1 N–H and O–H groups in total. The summed E-state index contributed by atoms with van der Waals surface area (Å²) in [5.74, 6) is 1.71. The molecule has 0 radical (unpaired) electrons. The molecule has 0 bridgehead atoms. The van der Waals surface area contributed by atoms with Crippen molar-refractivity contribution in [2.75, 3.05) is 6.61 Å². The van der Waals surface area contributed by atoms with E-state index in [4.69, 9.17) is 9.47 Å². The van der Waals surface area contributed by atoms with Gasteiger partial charge in [0.1, 0.15) is 17.1 Å². The zero-order valence-electron chi connectivity index (χ0n) is 16.8. The highest BCUT2D eigenvalue weighted by molar-refractivity contribution is 5.95. The number of hydrogen-bond acceptors (Lipinski definition) is 3. The van der Waals surface area contributed by atoms with E-state index < -0.39 is 0 Å². The number of para-hydroxylation sites is 1. The number of rotatable bonds is 4. The highest BCUT2D eigenvalue weighted by Gasteiger charge is 2.42. The minimum absolute atomic E-state index is 0.0255. The van der Waals surface area contributed by atoms with Crippen molar-refractivity contribution in [3.8, 4) is 11.5 Å². The molecule has 4 nitrogen and oxygen atoms in total. The summed E-state index contributed by atoms with van der Waals surface area (Å²) in [6.45, 7) is 4.56. The number of ether oxygens (including phenoxy) is 2. The molecule has 0 aromatic heterocycles. The second kappa shape index (κ2) is 7.86. The fourth-order valence-corrected chi connectivity index (χ4v) is 4.60. The molecule has 4 rings (SSSR count). The van der Waals surface area contributed by atoms with Crippen LogP contribution in [0.5, 0.6) is 11.5 Å². The average Bonchev–Trinajstić information content (AvgIpc) is 2.70. The van der Waals surface area contributed by atoms with Crippen LogP contribution in [0.25, 0.3) is 0 Å². The van der Waals surface area contributed by atoms with Crippen molar-refractivity contribution >= 4 is 5.91 Å². The van der Waals surface area contributed by atoms with Crippen LogP contribution in [0.4, 0.5) is 0 Å². The van der Waals surface area contributed by atoms with Crippen molar-refractivity contribution in [3.05, 3.63) is 59.2 Å². The normalized spacial score (nSPS) is 20.1. The zero-order chi connectivity index (χ0) is 19.6. The second-order valence-electron chi connectivity index (χ2n) is 8.03. The van der Waals surface area contributed by atoms with Gasteiger partial charge in [0.25, 0.3) is 5.91 Å². The molecule has 2 aliphatic rings. The van der Waals surface area contributed by atoms with Gasteiger partial charge < -0.3 is 14.8 Å². The highest BCUT2D eigenvalue weighted by atomic mass is 16.5. The van der Waals surface area contributed by atoms with Gasteiger partial charge >= 0.3 is 0 Å². The number of aryl methyl sites for hydroxylation is 1. The Balaban J connectivity index is 1.57. The lowest BCUT2D eigenvalue weighted by molar-refractivity contribution is -0.00209. The third-order valence-electron chi connectivity index (χ3n) is 6.00. The molecule has 28 heavy (non-hydrogen) atoms. The predicted octanol–water partition coefficient (Wildman–Crippen LogP) is 5.35. The summed E-state index contributed by atoms with van der Waals surface area (Å²) in [4.78, 5) is 13.0. The maximum Gasteiger partial charge on any atom is 0.251 e. The number of amides is 1. The van der Waals surface area contributed by atoms with E-state index in [1.807, 2.05) is 50.2 Å². The van der Waals surface area contributed by atoms with Gasteiger partial charge in [-0.1, -0.05) is 24.6 Å². The topological polar surface area (TPSA) is 47.6 Å². The number of carbonyl (C=O) groups is 1. The first-order valence-electron chi connectivity index (χ1n) is 10.4. The van der Waals surface area contributed by atoms with Crippen LogP contribution in [0.1, 0.15) is 73.0 Å². The van der Waals surface area contributed by atoms with Crippen LogP contribution < -0.4 is 14.8 Å². The summed E-state index contributed by atoms with van der Waals surface area (Å²) in [6.07, 6.45) is 6.63. The minimum Gasteiger partial charge on any atom is -0.494 e. The van der Waals surface area contributed by atoms with Crippen LogP contribution in [-0.4, -0.2) is 18.1 Å². The van der Waals surface area contributed by atoms with E-state index in [-0.39, 0.29) is 17.6 Å². The molecule has 4 heteroatoms. The van der Waals surface area contributed by atoms with Gasteiger partial charge in [-0.15, -0.1) is 0 Å². The first kappa shape index (κ1) is 18.9. The Morgan fingerprint density at radius 3 is 2.71 bits per heavy atom. The molecule has 1 spiro atoms. The van der Waals surface area contributed by atoms with Gasteiger partial charge in [-0.3, -0.25) is 4.79 Å². The highest BCUT2D eigenvalue weighted by Crippen LogP contribution is 2.46. The lowest BCUT2D eigenvalue weighted by atomic mass is 9.77. The van der Waals surface area contributed by atoms with E-state index >= 15 is 0 Å². The van der Waals surface area contributed by atoms with Gasteiger partial charge in [0.05, 0.1) is 12.6 Å². The minimum atomic E-state index is -0.140. The molecule has 1 atom stereocenters. The molecule has 2 aromatic rings. The monoisotopic (exact) mass is 379 g/mol. The number of carbonyl (C=O) groups excluding carboxylic acids is 1. The molecule has 0 saturated heterocycles. The number of nitrogens with one attached hydrogen (secondary N) is 1. The quantitative estimate of drug-likeness (QED) is 0.779. The van der Waals surface area contributed by atoms with Gasteiger partial charge in [-0.2, -0.15) is 0 Å². The van der Waals surface area contributed by atoms with Gasteiger partial charge in [0.15, 0.2) is 0 Å². The van der Waals surface area contributed by atoms with Gasteiger partial charge in [-0.25, -0.2) is 0 Å². The second-order valence-corrected chi connectivity index (χ2v) is 8.03. The van der Waals surface area contributed by atoms with Crippen molar-refractivity contribution in [2.45, 2.75) is 64.0 Å². The van der Waals surface area contributed by atoms with Crippen LogP contribution in [0.15, 0.2) is 42.5 Å². The molecule has 1 heterocycles. The smallest absolute Gasteiger partial charge is 0.251 e. The van der Waals surface area contributed by atoms with E-state index in [1.165, 1.54) is 19.3 Å². The standard InChI is InChI=1S/C24H29NO3/c1-3-27-21-12-11-18(15-17(21)2)23(26)25-20-16-24(13-7-4-8-14-24)28-22-10-6-5-9-19(20)22/h5-6,9-12,15,20H,3-4,7-8,13-14,16H2,1-2H3,(H,25,26). The third-order valence-corrected chi connectivity index (χ3v) is 6.00. The van der Waals surface area contributed by atoms with Crippen LogP contribution in [0.2, 0.25) is 0 Å². The van der Waals surface area contributed by atoms with E-state index in [0.717, 1.165) is 41.9 Å². The Kier molecular flexibility index (Phi) is 5.29. The summed E-state index contributed by atoms with van der Waals surface area (Å²) in [5.41, 5.74) is 2.59. The molecular formula is C24H29NO3. The molecule has 1 aliphatic heterocycles.